The van der Waals surface area contributed by atoms with Gasteiger partial charge in [-0.3, -0.25) is 4.98 Å². The summed E-state index contributed by atoms with van der Waals surface area (Å²) in [6.45, 7) is 4.10. The van der Waals surface area contributed by atoms with Gasteiger partial charge < -0.3 is 10.5 Å². The minimum absolute atomic E-state index is 0.0246. The quantitative estimate of drug-likeness (QED) is 0.474. The monoisotopic (exact) mass is 416 g/mol. The number of hydrogen-bond donors (Lipinski definition) is 1. The number of pyridine rings is 1. The topological polar surface area (TPSA) is 73.9 Å². The standard InChI is InChI=1S/C22H23F3N4O/c1-3-4-5-10-30-21-18(15-11-13(2)27-17(12-15)20(24)25)19(28-22(26)29-21)14-6-8-16(23)9-7-14/h6-9,11-12,20H,3-5,10H2,1-2H3,(H2,26,28,29). The van der Waals surface area contributed by atoms with Crippen molar-refractivity contribution in [2.24, 2.45) is 0 Å². The van der Waals surface area contributed by atoms with E-state index >= 15 is 0 Å². The van der Waals surface area contributed by atoms with Gasteiger partial charge in [0, 0.05) is 11.3 Å². The van der Waals surface area contributed by atoms with Crippen LogP contribution in [0.3, 0.4) is 0 Å². The predicted octanol–water partition coefficient (Wildman–Crippen LogP) is 5.74. The van der Waals surface area contributed by atoms with Gasteiger partial charge in [-0.05, 0) is 55.3 Å². The molecule has 3 rings (SSSR count). The number of aromatic nitrogens is 3. The van der Waals surface area contributed by atoms with Crippen molar-refractivity contribution in [3.63, 3.8) is 0 Å². The van der Waals surface area contributed by atoms with Crippen molar-refractivity contribution < 1.29 is 17.9 Å². The average Bonchev–Trinajstić information content (AvgIpc) is 2.71. The Morgan fingerprint density at radius 3 is 2.40 bits per heavy atom. The van der Waals surface area contributed by atoms with Gasteiger partial charge in [0.1, 0.15) is 11.5 Å². The van der Waals surface area contributed by atoms with Crippen molar-refractivity contribution in [3.05, 3.63) is 53.6 Å². The third kappa shape index (κ3) is 5.06. The van der Waals surface area contributed by atoms with Crippen molar-refractivity contribution in [1.29, 1.82) is 0 Å². The molecule has 0 fully saturated rings. The van der Waals surface area contributed by atoms with E-state index in [1.54, 1.807) is 25.1 Å². The zero-order chi connectivity index (χ0) is 21.7. The van der Waals surface area contributed by atoms with E-state index in [2.05, 4.69) is 21.9 Å². The molecule has 8 heteroatoms. The van der Waals surface area contributed by atoms with Crippen LogP contribution in [0.1, 0.15) is 44.0 Å². The van der Waals surface area contributed by atoms with Crippen LogP contribution in [-0.4, -0.2) is 21.6 Å². The van der Waals surface area contributed by atoms with E-state index < -0.39 is 12.2 Å². The molecule has 2 heterocycles. The highest BCUT2D eigenvalue weighted by atomic mass is 19.3. The molecule has 5 nitrogen and oxygen atoms in total. The molecule has 158 valence electrons. The molecule has 0 bridgehead atoms. The maximum absolute atomic E-state index is 13.4. The molecule has 0 amide bonds. The number of rotatable bonds is 8. The van der Waals surface area contributed by atoms with Crippen LogP contribution in [0.15, 0.2) is 36.4 Å². The smallest absolute Gasteiger partial charge is 0.280 e. The van der Waals surface area contributed by atoms with E-state index in [-0.39, 0.29) is 17.5 Å². The van der Waals surface area contributed by atoms with Crippen LogP contribution in [0.4, 0.5) is 19.1 Å². The second-order valence-corrected chi connectivity index (χ2v) is 6.90. The fourth-order valence-corrected chi connectivity index (χ4v) is 3.11. The van der Waals surface area contributed by atoms with Gasteiger partial charge in [0.25, 0.3) is 6.43 Å². The molecule has 0 aliphatic heterocycles. The van der Waals surface area contributed by atoms with Crippen molar-refractivity contribution >= 4 is 5.95 Å². The first-order valence-electron chi connectivity index (χ1n) is 9.72. The van der Waals surface area contributed by atoms with Crippen molar-refractivity contribution in [3.8, 4) is 28.3 Å². The number of nitrogen functional groups attached to an aromatic ring is 1. The summed E-state index contributed by atoms with van der Waals surface area (Å²) in [6, 6.07) is 8.63. The Bertz CT molecular complexity index is 1010. The molecule has 0 radical (unpaired) electrons. The number of hydrogen-bond acceptors (Lipinski definition) is 5. The Balaban J connectivity index is 2.20. The summed E-state index contributed by atoms with van der Waals surface area (Å²) < 4.78 is 46.1. The van der Waals surface area contributed by atoms with Crippen LogP contribution < -0.4 is 10.5 Å². The maximum Gasteiger partial charge on any atom is 0.280 e. The molecule has 30 heavy (non-hydrogen) atoms. The molecular weight excluding hydrogens is 393 g/mol. The summed E-state index contributed by atoms with van der Waals surface area (Å²) in [5.74, 6) is -0.231. The number of nitrogens with two attached hydrogens (primary N) is 1. The molecule has 0 saturated heterocycles. The largest absolute Gasteiger partial charge is 0.477 e. The Hall–Kier alpha value is -3.16. The number of halogens is 3. The summed E-state index contributed by atoms with van der Waals surface area (Å²) >= 11 is 0. The molecule has 2 aromatic heterocycles. The fraction of sp³-hybridized carbons (Fsp3) is 0.318. The van der Waals surface area contributed by atoms with E-state index in [9.17, 15) is 13.2 Å². The first-order chi connectivity index (χ1) is 14.4. The lowest BCUT2D eigenvalue weighted by molar-refractivity contribution is 0.146. The Kier molecular flexibility index (Phi) is 6.87. The van der Waals surface area contributed by atoms with Gasteiger partial charge in [-0.1, -0.05) is 19.8 Å². The van der Waals surface area contributed by atoms with Crippen LogP contribution in [0.2, 0.25) is 0 Å². The zero-order valence-corrected chi connectivity index (χ0v) is 16.8. The molecular formula is C22H23F3N4O. The second kappa shape index (κ2) is 9.56. The lowest BCUT2D eigenvalue weighted by atomic mass is 9.99. The first kappa shape index (κ1) is 21.5. The van der Waals surface area contributed by atoms with Gasteiger partial charge >= 0.3 is 0 Å². The van der Waals surface area contributed by atoms with Gasteiger partial charge in [0.05, 0.1) is 17.9 Å². The molecule has 0 atom stereocenters. The SMILES string of the molecule is CCCCCOc1nc(N)nc(-c2ccc(F)cc2)c1-c1cc(C)nc(C(F)F)c1. The van der Waals surface area contributed by atoms with E-state index in [4.69, 9.17) is 10.5 Å². The summed E-state index contributed by atoms with van der Waals surface area (Å²) in [4.78, 5) is 12.4. The fourth-order valence-electron chi connectivity index (χ4n) is 3.11. The molecule has 1 aromatic carbocycles. The number of anilines is 1. The van der Waals surface area contributed by atoms with E-state index in [1.165, 1.54) is 18.2 Å². The highest BCUT2D eigenvalue weighted by Crippen LogP contribution is 2.39. The van der Waals surface area contributed by atoms with Gasteiger partial charge in [-0.15, -0.1) is 0 Å². The van der Waals surface area contributed by atoms with Crippen LogP contribution in [0.5, 0.6) is 5.88 Å². The molecule has 2 N–H and O–H groups in total. The molecule has 0 unspecified atom stereocenters. The van der Waals surface area contributed by atoms with E-state index in [0.29, 0.717) is 34.7 Å². The number of aryl methyl sites for hydroxylation is 1. The van der Waals surface area contributed by atoms with Crippen molar-refractivity contribution in [1.82, 2.24) is 15.0 Å². The third-order valence-electron chi connectivity index (χ3n) is 4.48. The Labute approximate surface area is 173 Å². The number of ether oxygens (including phenoxy) is 1. The van der Waals surface area contributed by atoms with Crippen molar-refractivity contribution in [2.45, 2.75) is 39.5 Å². The van der Waals surface area contributed by atoms with Gasteiger partial charge in [-0.25, -0.2) is 18.2 Å². The van der Waals surface area contributed by atoms with E-state index in [1.807, 2.05) is 0 Å². The minimum atomic E-state index is -2.73. The lowest BCUT2D eigenvalue weighted by Gasteiger charge is -2.16. The number of alkyl halides is 2. The minimum Gasteiger partial charge on any atom is -0.477 e. The Morgan fingerprint density at radius 1 is 1.00 bits per heavy atom. The maximum atomic E-state index is 13.4. The first-order valence-corrected chi connectivity index (χ1v) is 9.72. The van der Waals surface area contributed by atoms with Crippen LogP contribution in [-0.2, 0) is 0 Å². The van der Waals surface area contributed by atoms with Crippen LogP contribution >= 0.6 is 0 Å². The molecule has 0 aliphatic rings. The Morgan fingerprint density at radius 2 is 1.73 bits per heavy atom. The predicted molar refractivity (Wildman–Crippen MR) is 110 cm³/mol. The highest BCUT2D eigenvalue weighted by molar-refractivity contribution is 5.85. The summed E-state index contributed by atoms with van der Waals surface area (Å²) in [7, 11) is 0. The average molecular weight is 416 g/mol. The lowest BCUT2D eigenvalue weighted by Crippen LogP contribution is -2.07. The molecule has 0 saturated carbocycles. The molecule has 0 spiro atoms. The van der Waals surface area contributed by atoms with Crippen LogP contribution in [0.25, 0.3) is 22.4 Å². The van der Waals surface area contributed by atoms with Crippen molar-refractivity contribution in [2.75, 3.05) is 12.3 Å². The molecule has 3 aromatic rings. The highest BCUT2D eigenvalue weighted by Gasteiger charge is 2.21. The summed E-state index contributed by atoms with van der Waals surface area (Å²) in [5, 5.41) is 0. The number of benzene rings is 1. The summed E-state index contributed by atoms with van der Waals surface area (Å²) in [5.41, 5.74) is 7.75. The van der Waals surface area contributed by atoms with E-state index in [0.717, 1.165) is 19.3 Å². The van der Waals surface area contributed by atoms with Gasteiger partial charge in [0.15, 0.2) is 0 Å². The number of unbranched alkanes of at least 4 members (excludes halogenated alkanes) is 2. The molecule has 0 aliphatic carbocycles. The van der Waals surface area contributed by atoms with Crippen LogP contribution in [0, 0.1) is 12.7 Å². The number of nitrogens with zero attached hydrogens (tertiary/aromatic N) is 3. The van der Waals surface area contributed by atoms with Gasteiger partial charge in [0.2, 0.25) is 11.8 Å². The summed E-state index contributed by atoms with van der Waals surface area (Å²) in [6.07, 6.45) is 0.0691. The van der Waals surface area contributed by atoms with Gasteiger partial charge in [-0.2, -0.15) is 4.98 Å². The second-order valence-electron chi connectivity index (χ2n) is 6.90. The third-order valence-corrected chi connectivity index (χ3v) is 4.48. The zero-order valence-electron chi connectivity index (χ0n) is 16.8. The normalized spacial score (nSPS) is 11.1.